The van der Waals surface area contributed by atoms with Crippen LogP contribution in [-0.4, -0.2) is 33.3 Å². The first-order valence-corrected chi connectivity index (χ1v) is 8.35. The molecule has 24 heavy (non-hydrogen) atoms. The van der Waals surface area contributed by atoms with E-state index in [-0.39, 0.29) is 5.97 Å². The molecule has 0 amide bonds. The molecular weight excluding hydrogens is 324 g/mol. The molecular formula is C17H16N4O2S. The number of hydrogen-bond donors (Lipinski definition) is 0. The van der Waals surface area contributed by atoms with Crippen LogP contribution in [0.4, 0.5) is 0 Å². The third kappa shape index (κ3) is 3.99. The van der Waals surface area contributed by atoms with E-state index in [1.165, 1.54) is 18.9 Å². The Morgan fingerprint density at radius 3 is 2.71 bits per heavy atom. The molecule has 7 heteroatoms. The Labute approximate surface area is 143 Å². The van der Waals surface area contributed by atoms with Gasteiger partial charge in [0.1, 0.15) is 0 Å². The first kappa shape index (κ1) is 16.2. The molecule has 3 aromatic rings. The lowest BCUT2D eigenvalue weighted by Crippen LogP contribution is -2.04. The van der Waals surface area contributed by atoms with Gasteiger partial charge in [0.25, 0.3) is 0 Å². The number of esters is 1. The standard InChI is InChI=1S/C17H16N4O2S/c1-23-16(22)15-9-5-8-14(10-15)12-24-17-18-19-20-21(17)11-13-6-3-2-4-7-13/h2-10H,11-12H2,1H3. The van der Waals surface area contributed by atoms with Crippen LogP contribution in [-0.2, 0) is 17.0 Å². The van der Waals surface area contributed by atoms with Gasteiger partial charge in [0.2, 0.25) is 5.16 Å². The molecule has 1 heterocycles. The van der Waals surface area contributed by atoms with Gasteiger partial charge in [-0.15, -0.1) is 5.10 Å². The fourth-order valence-corrected chi connectivity index (χ4v) is 3.03. The first-order valence-electron chi connectivity index (χ1n) is 7.36. The number of nitrogens with zero attached hydrogens (tertiary/aromatic N) is 4. The number of aromatic nitrogens is 4. The third-order valence-corrected chi connectivity index (χ3v) is 4.42. The Balaban J connectivity index is 1.68. The highest BCUT2D eigenvalue weighted by atomic mass is 32.2. The minimum atomic E-state index is -0.337. The second kappa shape index (κ2) is 7.74. The summed E-state index contributed by atoms with van der Waals surface area (Å²) < 4.78 is 6.51. The normalized spacial score (nSPS) is 10.5. The summed E-state index contributed by atoms with van der Waals surface area (Å²) in [6.45, 7) is 0.623. The number of hydrogen-bond acceptors (Lipinski definition) is 6. The van der Waals surface area contributed by atoms with Gasteiger partial charge in [-0.05, 0) is 33.7 Å². The van der Waals surface area contributed by atoms with Gasteiger partial charge >= 0.3 is 5.97 Å². The average molecular weight is 340 g/mol. The summed E-state index contributed by atoms with van der Waals surface area (Å²) in [6, 6.07) is 17.4. The SMILES string of the molecule is COC(=O)c1cccc(CSc2nnnn2Cc2ccccc2)c1. The lowest BCUT2D eigenvalue weighted by molar-refractivity contribution is 0.0600. The molecule has 2 aromatic carbocycles. The molecule has 122 valence electrons. The van der Waals surface area contributed by atoms with E-state index in [4.69, 9.17) is 4.74 Å². The summed E-state index contributed by atoms with van der Waals surface area (Å²) in [5.74, 6) is 0.329. The van der Waals surface area contributed by atoms with Gasteiger partial charge in [-0.1, -0.05) is 54.2 Å². The maximum atomic E-state index is 11.6. The molecule has 0 spiro atoms. The molecule has 3 rings (SSSR count). The highest BCUT2D eigenvalue weighted by Gasteiger charge is 2.10. The second-order valence-electron chi connectivity index (χ2n) is 5.09. The lowest BCUT2D eigenvalue weighted by Gasteiger charge is -2.06. The van der Waals surface area contributed by atoms with E-state index in [1.807, 2.05) is 48.5 Å². The number of benzene rings is 2. The molecule has 0 unspecified atom stereocenters. The molecule has 0 atom stereocenters. The molecule has 0 radical (unpaired) electrons. The molecule has 0 fully saturated rings. The van der Waals surface area contributed by atoms with Crippen LogP contribution in [0.5, 0.6) is 0 Å². The van der Waals surface area contributed by atoms with Crippen LogP contribution in [0.1, 0.15) is 21.5 Å². The van der Waals surface area contributed by atoms with E-state index in [0.29, 0.717) is 17.9 Å². The highest BCUT2D eigenvalue weighted by molar-refractivity contribution is 7.98. The van der Waals surface area contributed by atoms with Gasteiger partial charge in [0, 0.05) is 5.75 Å². The van der Waals surface area contributed by atoms with Crippen LogP contribution in [0.25, 0.3) is 0 Å². The van der Waals surface area contributed by atoms with E-state index in [0.717, 1.165) is 16.3 Å². The molecule has 1 aromatic heterocycles. The maximum Gasteiger partial charge on any atom is 0.337 e. The predicted molar refractivity (Wildman–Crippen MR) is 90.7 cm³/mol. The van der Waals surface area contributed by atoms with Crippen LogP contribution in [0, 0.1) is 0 Å². The van der Waals surface area contributed by atoms with E-state index in [1.54, 1.807) is 10.7 Å². The minimum Gasteiger partial charge on any atom is -0.465 e. The summed E-state index contributed by atoms with van der Waals surface area (Å²) in [5.41, 5.74) is 2.69. The number of carbonyl (C=O) groups excluding carboxylic acids is 1. The van der Waals surface area contributed by atoms with Crippen LogP contribution in [0.2, 0.25) is 0 Å². The minimum absolute atomic E-state index is 0.337. The number of tetrazole rings is 1. The predicted octanol–water partition coefficient (Wildman–Crippen LogP) is 2.80. The fourth-order valence-electron chi connectivity index (χ4n) is 2.21. The average Bonchev–Trinajstić information content (AvgIpc) is 3.07. The Hall–Kier alpha value is -2.67. The van der Waals surface area contributed by atoms with Crippen molar-refractivity contribution >= 4 is 17.7 Å². The summed E-state index contributed by atoms with van der Waals surface area (Å²) in [5, 5.41) is 12.6. The summed E-state index contributed by atoms with van der Waals surface area (Å²) in [4.78, 5) is 11.6. The molecule has 0 aliphatic carbocycles. The van der Waals surface area contributed by atoms with E-state index < -0.39 is 0 Å². The summed E-state index contributed by atoms with van der Waals surface area (Å²) in [7, 11) is 1.38. The van der Waals surface area contributed by atoms with Gasteiger partial charge in [-0.2, -0.15) is 0 Å². The van der Waals surface area contributed by atoms with Gasteiger partial charge in [0.15, 0.2) is 0 Å². The van der Waals surface area contributed by atoms with Gasteiger partial charge in [0.05, 0.1) is 19.2 Å². The zero-order valence-corrected chi connectivity index (χ0v) is 13.9. The van der Waals surface area contributed by atoms with Gasteiger partial charge in [-0.25, -0.2) is 9.48 Å². The number of thioether (sulfide) groups is 1. The first-order chi connectivity index (χ1) is 11.8. The topological polar surface area (TPSA) is 69.9 Å². The van der Waals surface area contributed by atoms with Crippen molar-refractivity contribution in [3.05, 3.63) is 71.3 Å². The molecule has 0 aliphatic heterocycles. The van der Waals surface area contributed by atoms with E-state index in [2.05, 4.69) is 15.5 Å². The molecule has 0 bridgehead atoms. The van der Waals surface area contributed by atoms with Crippen LogP contribution in [0.15, 0.2) is 59.8 Å². The molecule has 0 aliphatic rings. The van der Waals surface area contributed by atoms with Crippen molar-refractivity contribution in [1.82, 2.24) is 20.2 Å². The zero-order valence-electron chi connectivity index (χ0n) is 13.1. The van der Waals surface area contributed by atoms with Gasteiger partial charge in [-0.3, -0.25) is 0 Å². The number of ether oxygens (including phenoxy) is 1. The molecule has 6 nitrogen and oxygen atoms in total. The third-order valence-electron chi connectivity index (χ3n) is 3.39. The smallest absolute Gasteiger partial charge is 0.337 e. The van der Waals surface area contributed by atoms with Crippen LogP contribution in [0.3, 0.4) is 0 Å². The van der Waals surface area contributed by atoms with E-state index in [9.17, 15) is 4.79 Å². The molecule has 0 N–H and O–H groups in total. The van der Waals surface area contributed by atoms with Gasteiger partial charge < -0.3 is 4.74 Å². The Bertz CT molecular complexity index is 820. The van der Waals surface area contributed by atoms with Crippen molar-refractivity contribution in [3.8, 4) is 0 Å². The van der Waals surface area contributed by atoms with Crippen molar-refractivity contribution in [3.63, 3.8) is 0 Å². The van der Waals surface area contributed by atoms with Crippen molar-refractivity contribution in [2.75, 3.05) is 7.11 Å². The van der Waals surface area contributed by atoms with Crippen molar-refractivity contribution < 1.29 is 9.53 Å². The lowest BCUT2D eigenvalue weighted by atomic mass is 10.1. The Morgan fingerprint density at radius 1 is 1.12 bits per heavy atom. The second-order valence-corrected chi connectivity index (χ2v) is 6.03. The Kier molecular flexibility index (Phi) is 5.22. The fraction of sp³-hybridized carbons (Fsp3) is 0.176. The number of rotatable bonds is 6. The zero-order chi connectivity index (χ0) is 16.8. The van der Waals surface area contributed by atoms with Crippen molar-refractivity contribution in [2.24, 2.45) is 0 Å². The summed E-state index contributed by atoms with van der Waals surface area (Å²) >= 11 is 1.53. The van der Waals surface area contributed by atoms with Crippen LogP contribution >= 0.6 is 11.8 Å². The molecule has 0 saturated carbocycles. The van der Waals surface area contributed by atoms with Crippen molar-refractivity contribution in [2.45, 2.75) is 17.5 Å². The number of methoxy groups -OCH3 is 1. The summed E-state index contributed by atoms with van der Waals surface area (Å²) in [6.07, 6.45) is 0. The monoisotopic (exact) mass is 340 g/mol. The molecule has 0 saturated heterocycles. The maximum absolute atomic E-state index is 11.6. The highest BCUT2D eigenvalue weighted by Crippen LogP contribution is 2.21. The van der Waals surface area contributed by atoms with E-state index >= 15 is 0 Å². The largest absolute Gasteiger partial charge is 0.465 e. The van der Waals surface area contributed by atoms with Crippen LogP contribution < -0.4 is 0 Å². The van der Waals surface area contributed by atoms with Crippen molar-refractivity contribution in [1.29, 1.82) is 0 Å². The Morgan fingerprint density at radius 2 is 1.92 bits per heavy atom. The quantitative estimate of drug-likeness (QED) is 0.508. The number of carbonyl (C=O) groups is 1.